The highest BCUT2D eigenvalue weighted by Gasteiger charge is 2.44. The molecule has 1 aromatic heterocycles. The summed E-state index contributed by atoms with van der Waals surface area (Å²) in [5.41, 5.74) is 0.162. The lowest BCUT2D eigenvalue weighted by molar-refractivity contribution is 0.126. The molecule has 3 heterocycles. The standard InChI is InChI=1S/C16H23N5O3/c1-12-17-4-5-20(12)11-16(2-3-16)10-18-14(22)19-6-7-21-13(8-19)9-24-15(21)23/h4-5,13H,2-3,6-11H2,1H3,(H,18,22)/t13-/m0/s1. The monoisotopic (exact) mass is 333 g/mol. The summed E-state index contributed by atoms with van der Waals surface area (Å²) in [6, 6.07) is -0.0388. The van der Waals surface area contributed by atoms with Crippen LogP contribution in [0.4, 0.5) is 9.59 Å². The second kappa shape index (κ2) is 5.68. The van der Waals surface area contributed by atoms with Gasteiger partial charge in [-0.2, -0.15) is 0 Å². The topological polar surface area (TPSA) is 79.7 Å². The first-order chi connectivity index (χ1) is 11.6. The molecule has 0 spiro atoms. The molecule has 0 unspecified atom stereocenters. The number of cyclic esters (lactones) is 1. The second-order valence-electron chi connectivity index (χ2n) is 7.13. The molecule has 1 N–H and O–H groups in total. The summed E-state index contributed by atoms with van der Waals surface area (Å²) in [5.74, 6) is 1.01. The van der Waals surface area contributed by atoms with Gasteiger partial charge < -0.3 is 19.5 Å². The predicted molar refractivity (Wildman–Crippen MR) is 85.4 cm³/mol. The zero-order valence-electron chi connectivity index (χ0n) is 13.9. The lowest BCUT2D eigenvalue weighted by Crippen LogP contribution is -2.56. The van der Waals surface area contributed by atoms with E-state index in [0.717, 1.165) is 25.2 Å². The van der Waals surface area contributed by atoms with Gasteiger partial charge >= 0.3 is 12.1 Å². The molecule has 2 aliphatic heterocycles. The summed E-state index contributed by atoms with van der Waals surface area (Å²) in [6.07, 6.45) is 5.81. The summed E-state index contributed by atoms with van der Waals surface area (Å²) < 4.78 is 7.19. The molecule has 1 aliphatic carbocycles. The van der Waals surface area contributed by atoms with E-state index < -0.39 is 0 Å². The van der Waals surface area contributed by atoms with Crippen LogP contribution in [0.1, 0.15) is 18.7 Å². The van der Waals surface area contributed by atoms with Crippen LogP contribution in [0.2, 0.25) is 0 Å². The highest BCUT2D eigenvalue weighted by Crippen LogP contribution is 2.46. The number of carbonyl (C=O) groups excluding carboxylic acids is 2. The maximum Gasteiger partial charge on any atom is 0.410 e. The molecule has 2 saturated heterocycles. The summed E-state index contributed by atoms with van der Waals surface area (Å²) in [6.45, 7) is 5.62. The van der Waals surface area contributed by atoms with Crippen molar-refractivity contribution in [3.8, 4) is 0 Å². The number of amides is 3. The minimum absolute atomic E-state index is 0.000448. The van der Waals surface area contributed by atoms with Crippen molar-refractivity contribution in [2.75, 3.05) is 32.8 Å². The molecule has 8 heteroatoms. The minimum Gasteiger partial charge on any atom is -0.447 e. The van der Waals surface area contributed by atoms with Crippen LogP contribution < -0.4 is 5.32 Å². The zero-order valence-corrected chi connectivity index (χ0v) is 13.9. The van der Waals surface area contributed by atoms with Gasteiger partial charge in [-0.25, -0.2) is 14.6 Å². The van der Waals surface area contributed by atoms with Crippen molar-refractivity contribution in [1.29, 1.82) is 0 Å². The van der Waals surface area contributed by atoms with Gasteiger partial charge in [-0.05, 0) is 19.8 Å². The van der Waals surface area contributed by atoms with E-state index in [0.29, 0.717) is 32.8 Å². The van der Waals surface area contributed by atoms with Gasteiger partial charge in [0.2, 0.25) is 0 Å². The maximum atomic E-state index is 12.5. The number of fused-ring (bicyclic) bond motifs is 1. The number of nitrogens with one attached hydrogen (secondary N) is 1. The fraction of sp³-hybridized carbons (Fsp3) is 0.688. The predicted octanol–water partition coefficient (Wildman–Crippen LogP) is 0.818. The fourth-order valence-corrected chi connectivity index (χ4v) is 3.55. The number of nitrogens with zero attached hydrogens (tertiary/aromatic N) is 4. The van der Waals surface area contributed by atoms with E-state index >= 15 is 0 Å². The molecule has 1 saturated carbocycles. The third kappa shape index (κ3) is 2.81. The summed E-state index contributed by atoms with van der Waals surface area (Å²) >= 11 is 0. The van der Waals surface area contributed by atoms with Gasteiger partial charge in [-0.15, -0.1) is 0 Å². The SMILES string of the molecule is Cc1nccn1CC1(CNC(=O)N2CCN3C(=O)OC[C@@H]3C2)CC1. The Kier molecular flexibility index (Phi) is 3.62. The van der Waals surface area contributed by atoms with E-state index in [1.807, 2.05) is 19.3 Å². The molecule has 3 amide bonds. The Balaban J connectivity index is 1.29. The van der Waals surface area contributed by atoms with Crippen molar-refractivity contribution in [3.05, 3.63) is 18.2 Å². The largest absolute Gasteiger partial charge is 0.447 e. The molecule has 1 aromatic rings. The first-order valence-corrected chi connectivity index (χ1v) is 8.50. The molecule has 24 heavy (non-hydrogen) atoms. The normalized spacial score (nSPS) is 24.5. The number of imidazole rings is 1. The van der Waals surface area contributed by atoms with Crippen molar-refractivity contribution in [2.24, 2.45) is 5.41 Å². The first kappa shape index (κ1) is 15.3. The average Bonchev–Trinajstić information content (AvgIpc) is 3.09. The number of piperazine rings is 1. The molecule has 130 valence electrons. The molecule has 1 atom stereocenters. The summed E-state index contributed by atoms with van der Waals surface area (Å²) in [4.78, 5) is 31.7. The van der Waals surface area contributed by atoms with Gasteiger partial charge in [0, 0.05) is 50.5 Å². The minimum atomic E-state index is -0.257. The van der Waals surface area contributed by atoms with Crippen LogP contribution in [0.15, 0.2) is 12.4 Å². The van der Waals surface area contributed by atoms with E-state index in [4.69, 9.17) is 4.74 Å². The molecular formula is C16H23N5O3. The summed E-state index contributed by atoms with van der Waals surface area (Å²) in [5, 5.41) is 3.09. The van der Waals surface area contributed by atoms with Crippen LogP contribution in [-0.2, 0) is 11.3 Å². The number of ether oxygens (including phenoxy) is 1. The Bertz CT molecular complexity index is 654. The van der Waals surface area contributed by atoms with E-state index in [1.165, 1.54) is 0 Å². The van der Waals surface area contributed by atoms with E-state index in [-0.39, 0.29) is 23.6 Å². The first-order valence-electron chi connectivity index (χ1n) is 8.50. The van der Waals surface area contributed by atoms with Crippen LogP contribution in [0.25, 0.3) is 0 Å². The number of aryl methyl sites for hydroxylation is 1. The fourth-order valence-electron chi connectivity index (χ4n) is 3.55. The smallest absolute Gasteiger partial charge is 0.410 e. The molecule has 3 fully saturated rings. The van der Waals surface area contributed by atoms with Crippen LogP contribution in [0.5, 0.6) is 0 Å². The molecule has 8 nitrogen and oxygen atoms in total. The average molecular weight is 333 g/mol. The molecule has 0 radical (unpaired) electrons. The number of hydrogen-bond acceptors (Lipinski definition) is 4. The van der Waals surface area contributed by atoms with E-state index in [1.54, 1.807) is 9.80 Å². The third-order valence-corrected chi connectivity index (χ3v) is 5.40. The highest BCUT2D eigenvalue weighted by molar-refractivity contribution is 5.75. The second-order valence-corrected chi connectivity index (χ2v) is 7.13. The van der Waals surface area contributed by atoms with Crippen molar-refractivity contribution >= 4 is 12.1 Å². The van der Waals surface area contributed by atoms with Crippen molar-refractivity contribution in [1.82, 2.24) is 24.7 Å². The lowest BCUT2D eigenvalue weighted by atomic mass is 10.1. The molecule has 4 rings (SSSR count). The van der Waals surface area contributed by atoms with Crippen molar-refractivity contribution in [2.45, 2.75) is 32.4 Å². The summed E-state index contributed by atoms with van der Waals surface area (Å²) in [7, 11) is 0. The lowest BCUT2D eigenvalue weighted by Gasteiger charge is -2.35. The van der Waals surface area contributed by atoms with Crippen LogP contribution in [0, 0.1) is 12.3 Å². The van der Waals surface area contributed by atoms with Crippen LogP contribution in [0.3, 0.4) is 0 Å². The Morgan fingerprint density at radius 1 is 1.46 bits per heavy atom. The van der Waals surface area contributed by atoms with Crippen molar-refractivity contribution < 1.29 is 14.3 Å². The third-order valence-electron chi connectivity index (χ3n) is 5.40. The van der Waals surface area contributed by atoms with Gasteiger partial charge in [0.1, 0.15) is 12.4 Å². The quantitative estimate of drug-likeness (QED) is 0.885. The van der Waals surface area contributed by atoms with Crippen molar-refractivity contribution in [3.63, 3.8) is 0 Å². The Morgan fingerprint density at radius 3 is 3.00 bits per heavy atom. The number of carbonyl (C=O) groups is 2. The molecule has 0 bridgehead atoms. The van der Waals surface area contributed by atoms with Crippen LogP contribution >= 0.6 is 0 Å². The maximum absolute atomic E-state index is 12.5. The van der Waals surface area contributed by atoms with Gasteiger partial charge in [0.25, 0.3) is 0 Å². The number of urea groups is 1. The van der Waals surface area contributed by atoms with Gasteiger partial charge in [0.05, 0.1) is 6.04 Å². The number of aromatic nitrogens is 2. The van der Waals surface area contributed by atoms with E-state index in [9.17, 15) is 9.59 Å². The van der Waals surface area contributed by atoms with Gasteiger partial charge in [-0.1, -0.05) is 0 Å². The molecule has 3 aliphatic rings. The van der Waals surface area contributed by atoms with Gasteiger partial charge in [-0.3, -0.25) is 4.90 Å². The van der Waals surface area contributed by atoms with Crippen LogP contribution in [-0.4, -0.2) is 70.3 Å². The number of hydrogen-bond donors (Lipinski definition) is 1. The Labute approximate surface area is 140 Å². The molecular weight excluding hydrogens is 310 g/mol. The molecule has 0 aromatic carbocycles. The van der Waals surface area contributed by atoms with Gasteiger partial charge in [0.15, 0.2) is 0 Å². The highest BCUT2D eigenvalue weighted by atomic mass is 16.6. The zero-order chi connectivity index (χ0) is 16.7. The Hall–Kier alpha value is -2.25. The number of rotatable bonds is 4. The van der Waals surface area contributed by atoms with E-state index in [2.05, 4.69) is 14.9 Å². The Morgan fingerprint density at radius 2 is 2.29 bits per heavy atom.